The number of benzene rings is 1. The molecule has 1 aromatic carbocycles. The molecule has 1 aliphatic rings. The van der Waals surface area contributed by atoms with E-state index in [-0.39, 0.29) is 11.5 Å². The number of phenols is 1. The monoisotopic (exact) mass is 252 g/mol. The van der Waals surface area contributed by atoms with Crippen LogP contribution in [0.1, 0.15) is 24.8 Å². The number of phenolic OH excluding ortho intramolecular Hbond substituents is 1. The molecule has 0 saturated heterocycles. The third-order valence-corrected chi connectivity index (χ3v) is 3.63. The molecule has 2 rings (SSSR count). The molecule has 0 bridgehead atoms. The summed E-state index contributed by atoms with van der Waals surface area (Å²) in [5, 5.41) is 19.1. The maximum Gasteiger partial charge on any atom is 0.314 e. The highest BCUT2D eigenvalue weighted by atomic mass is 16.5. The summed E-state index contributed by atoms with van der Waals surface area (Å²) < 4.78 is 10.2. The van der Waals surface area contributed by atoms with Crippen LogP contribution < -0.4 is 9.47 Å². The smallest absolute Gasteiger partial charge is 0.314 e. The molecule has 5 nitrogen and oxygen atoms in total. The van der Waals surface area contributed by atoms with Gasteiger partial charge in [0.2, 0.25) is 0 Å². The molecule has 1 aliphatic carbocycles. The van der Waals surface area contributed by atoms with E-state index in [1.807, 2.05) is 0 Å². The standard InChI is InChI=1S/C13H16O5/c1-17-10-7-9(14)11(18-2)6-8(10)13(12(15)16)4-3-5-13/h6-7,14H,3-5H2,1-2H3,(H,15,16). The van der Waals surface area contributed by atoms with Gasteiger partial charge in [0.25, 0.3) is 0 Å². The number of methoxy groups -OCH3 is 2. The Bertz CT molecular complexity index is 477. The number of ether oxygens (including phenoxy) is 2. The number of carboxylic acid groups (broad SMARTS) is 1. The number of aliphatic carboxylic acids is 1. The second-order valence-electron chi connectivity index (χ2n) is 4.47. The highest BCUT2D eigenvalue weighted by Gasteiger charge is 2.48. The molecular weight excluding hydrogens is 236 g/mol. The van der Waals surface area contributed by atoms with Crippen molar-refractivity contribution >= 4 is 5.97 Å². The second-order valence-corrected chi connectivity index (χ2v) is 4.47. The topological polar surface area (TPSA) is 76.0 Å². The van der Waals surface area contributed by atoms with Crippen molar-refractivity contribution < 1.29 is 24.5 Å². The van der Waals surface area contributed by atoms with E-state index >= 15 is 0 Å². The van der Waals surface area contributed by atoms with Crippen molar-refractivity contribution in [2.24, 2.45) is 0 Å². The molecule has 0 aromatic heterocycles. The lowest BCUT2D eigenvalue weighted by molar-refractivity contribution is -0.147. The number of carbonyl (C=O) groups is 1. The van der Waals surface area contributed by atoms with Gasteiger partial charge in [0.1, 0.15) is 5.75 Å². The molecule has 1 aromatic rings. The summed E-state index contributed by atoms with van der Waals surface area (Å²) in [5.41, 5.74) is -0.342. The molecule has 18 heavy (non-hydrogen) atoms. The third kappa shape index (κ3) is 1.66. The molecule has 98 valence electrons. The Balaban J connectivity index is 2.58. The molecule has 2 N–H and O–H groups in total. The lowest BCUT2D eigenvalue weighted by Gasteiger charge is -2.39. The molecule has 0 heterocycles. The first-order chi connectivity index (χ1) is 8.55. The van der Waals surface area contributed by atoms with Crippen LogP contribution in [-0.4, -0.2) is 30.4 Å². The number of aromatic hydroxyl groups is 1. The van der Waals surface area contributed by atoms with Gasteiger partial charge >= 0.3 is 5.97 Å². The first-order valence-corrected chi connectivity index (χ1v) is 5.74. The van der Waals surface area contributed by atoms with Crippen LogP contribution >= 0.6 is 0 Å². The predicted molar refractivity (Wildman–Crippen MR) is 64.4 cm³/mol. The van der Waals surface area contributed by atoms with Crippen LogP contribution in [0.15, 0.2) is 12.1 Å². The van der Waals surface area contributed by atoms with Crippen molar-refractivity contribution in [3.05, 3.63) is 17.7 Å². The van der Waals surface area contributed by atoms with Gasteiger partial charge in [0.15, 0.2) is 11.5 Å². The van der Waals surface area contributed by atoms with Gasteiger partial charge in [0, 0.05) is 11.6 Å². The Morgan fingerprint density at radius 3 is 2.22 bits per heavy atom. The summed E-state index contributed by atoms with van der Waals surface area (Å²) in [4.78, 5) is 11.5. The average Bonchev–Trinajstić information content (AvgIpc) is 2.28. The molecule has 0 amide bonds. The zero-order chi connectivity index (χ0) is 13.3. The lowest BCUT2D eigenvalue weighted by atomic mass is 9.64. The second kappa shape index (κ2) is 4.40. The summed E-state index contributed by atoms with van der Waals surface area (Å²) in [5.74, 6) is -0.272. The van der Waals surface area contributed by atoms with E-state index in [0.29, 0.717) is 24.2 Å². The van der Waals surface area contributed by atoms with E-state index in [2.05, 4.69) is 0 Å². The van der Waals surface area contributed by atoms with E-state index in [4.69, 9.17) is 9.47 Å². The summed E-state index contributed by atoms with van der Waals surface area (Å²) in [6.45, 7) is 0. The minimum Gasteiger partial charge on any atom is -0.504 e. The first kappa shape index (κ1) is 12.5. The minimum atomic E-state index is -0.910. The molecule has 0 aliphatic heterocycles. The summed E-state index contributed by atoms with van der Waals surface area (Å²) >= 11 is 0. The average molecular weight is 252 g/mol. The van der Waals surface area contributed by atoms with E-state index in [9.17, 15) is 15.0 Å². The SMILES string of the molecule is COc1cc(C2(C(=O)O)CCC2)c(OC)cc1O. The fourth-order valence-corrected chi connectivity index (χ4v) is 2.38. The Hall–Kier alpha value is -1.91. The minimum absolute atomic E-state index is 0.0574. The van der Waals surface area contributed by atoms with Crippen LogP contribution in [0.25, 0.3) is 0 Å². The Kier molecular flexibility index (Phi) is 3.07. The van der Waals surface area contributed by atoms with Crippen molar-refractivity contribution in [1.29, 1.82) is 0 Å². The quantitative estimate of drug-likeness (QED) is 0.856. The van der Waals surface area contributed by atoms with Gasteiger partial charge < -0.3 is 19.7 Å². The number of rotatable bonds is 4. The van der Waals surface area contributed by atoms with Gasteiger partial charge in [-0.05, 0) is 18.9 Å². The van der Waals surface area contributed by atoms with E-state index < -0.39 is 11.4 Å². The van der Waals surface area contributed by atoms with Crippen LogP contribution in [0.4, 0.5) is 0 Å². The van der Waals surface area contributed by atoms with Crippen LogP contribution in [-0.2, 0) is 10.2 Å². The molecule has 0 atom stereocenters. The summed E-state index contributed by atoms with van der Waals surface area (Å²) in [6.07, 6.45) is 2.03. The van der Waals surface area contributed by atoms with E-state index in [0.717, 1.165) is 6.42 Å². The van der Waals surface area contributed by atoms with Gasteiger partial charge in [-0.1, -0.05) is 6.42 Å². The molecule has 0 unspecified atom stereocenters. The number of hydrogen-bond donors (Lipinski definition) is 2. The fraction of sp³-hybridized carbons (Fsp3) is 0.462. The number of hydrogen-bond acceptors (Lipinski definition) is 4. The van der Waals surface area contributed by atoms with Crippen molar-refractivity contribution in [2.75, 3.05) is 14.2 Å². The highest BCUT2D eigenvalue weighted by molar-refractivity contribution is 5.84. The first-order valence-electron chi connectivity index (χ1n) is 5.74. The summed E-state index contributed by atoms with van der Waals surface area (Å²) in [7, 11) is 2.89. The molecule has 5 heteroatoms. The normalized spacial score (nSPS) is 16.8. The van der Waals surface area contributed by atoms with Crippen molar-refractivity contribution in [2.45, 2.75) is 24.7 Å². The fourth-order valence-electron chi connectivity index (χ4n) is 2.38. The Labute approximate surface area is 105 Å². The van der Waals surface area contributed by atoms with E-state index in [1.54, 1.807) is 6.07 Å². The van der Waals surface area contributed by atoms with Gasteiger partial charge in [-0.25, -0.2) is 0 Å². The van der Waals surface area contributed by atoms with Gasteiger partial charge in [-0.15, -0.1) is 0 Å². The van der Waals surface area contributed by atoms with Crippen LogP contribution in [0, 0.1) is 0 Å². The van der Waals surface area contributed by atoms with Gasteiger partial charge in [-0.2, -0.15) is 0 Å². The highest BCUT2D eigenvalue weighted by Crippen LogP contribution is 2.49. The van der Waals surface area contributed by atoms with Crippen LogP contribution in [0.2, 0.25) is 0 Å². The lowest BCUT2D eigenvalue weighted by Crippen LogP contribution is -2.42. The third-order valence-electron chi connectivity index (χ3n) is 3.63. The molecule has 0 spiro atoms. The summed E-state index contributed by atoms with van der Waals surface area (Å²) in [6, 6.07) is 2.96. The molecule has 1 fully saturated rings. The van der Waals surface area contributed by atoms with Gasteiger partial charge in [-0.3, -0.25) is 4.79 Å². The molecule has 1 saturated carbocycles. The van der Waals surface area contributed by atoms with Crippen LogP contribution in [0.5, 0.6) is 17.2 Å². The maximum atomic E-state index is 11.5. The van der Waals surface area contributed by atoms with Crippen molar-refractivity contribution in [1.82, 2.24) is 0 Å². The number of carboxylic acids is 1. The molecular formula is C13H16O5. The van der Waals surface area contributed by atoms with Crippen molar-refractivity contribution in [3.63, 3.8) is 0 Å². The van der Waals surface area contributed by atoms with Crippen molar-refractivity contribution in [3.8, 4) is 17.2 Å². The zero-order valence-electron chi connectivity index (χ0n) is 10.4. The zero-order valence-corrected chi connectivity index (χ0v) is 10.4. The predicted octanol–water partition coefficient (Wildman–Crippen LogP) is 1.92. The van der Waals surface area contributed by atoms with Gasteiger partial charge in [0.05, 0.1) is 19.6 Å². The largest absolute Gasteiger partial charge is 0.504 e. The molecule has 0 radical (unpaired) electrons. The maximum absolute atomic E-state index is 11.5. The van der Waals surface area contributed by atoms with E-state index in [1.165, 1.54) is 20.3 Å². The van der Waals surface area contributed by atoms with Crippen LogP contribution in [0.3, 0.4) is 0 Å². The Morgan fingerprint density at radius 1 is 1.22 bits per heavy atom. The Morgan fingerprint density at radius 2 is 1.83 bits per heavy atom.